The summed E-state index contributed by atoms with van der Waals surface area (Å²) in [7, 11) is 1.73. The van der Waals surface area contributed by atoms with E-state index < -0.39 is 11.9 Å². The fourth-order valence-corrected chi connectivity index (χ4v) is 4.77. The molecule has 2 amide bonds. The van der Waals surface area contributed by atoms with Gasteiger partial charge in [-0.05, 0) is 23.8 Å². The molecule has 156 valence electrons. The molecule has 1 aliphatic heterocycles. The minimum atomic E-state index is -0.683. The highest BCUT2D eigenvalue weighted by atomic mass is 32.2. The van der Waals surface area contributed by atoms with Crippen molar-refractivity contribution in [3.63, 3.8) is 0 Å². The lowest BCUT2D eigenvalue weighted by molar-refractivity contribution is -0.119. The summed E-state index contributed by atoms with van der Waals surface area (Å²) in [6.45, 7) is 0. The van der Waals surface area contributed by atoms with E-state index in [1.54, 1.807) is 18.1 Å². The van der Waals surface area contributed by atoms with Crippen LogP contribution >= 0.6 is 11.8 Å². The Morgan fingerprint density at radius 3 is 2.97 bits per heavy atom. The Morgan fingerprint density at radius 2 is 2.13 bits per heavy atom. The van der Waals surface area contributed by atoms with E-state index in [4.69, 9.17) is 4.42 Å². The molecule has 1 aliphatic rings. The van der Waals surface area contributed by atoms with E-state index >= 15 is 0 Å². The number of rotatable bonds is 4. The number of oxazole rings is 1. The van der Waals surface area contributed by atoms with Crippen LogP contribution in [0.4, 0.5) is 5.69 Å². The first-order valence-electron chi connectivity index (χ1n) is 9.89. The fourth-order valence-electron chi connectivity index (χ4n) is 3.66. The maximum Gasteiger partial charge on any atom is 0.307 e. The van der Waals surface area contributed by atoms with Crippen molar-refractivity contribution in [2.45, 2.75) is 17.4 Å². The van der Waals surface area contributed by atoms with E-state index in [9.17, 15) is 9.59 Å². The molecule has 8 heteroatoms. The number of likely N-dealkylation sites (N-methyl/N-ethyl adjacent to an activating group) is 1. The number of aromatic nitrogens is 2. The van der Waals surface area contributed by atoms with Crippen LogP contribution in [0.2, 0.25) is 0 Å². The van der Waals surface area contributed by atoms with Crippen LogP contribution in [-0.4, -0.2) is 40.6 Å². The molecule has 0 unspecified atom stereocenters. The van der Waals surface area contributed by atoms with Crippen molar-refractivity contribution in [1.82, 2.24) is 15.3 Å². The van der Waals surface area contributed by atoms with Gasteiger partial charge in [0.05, 0.1) is 11.9 Å². The number of fused-ring (bicyclic) bond motifs is 2. The topological polar surface area (TPSA) is 91.2 Å². The Morgan fingerprint density at radius 1 is 1.29 bits per heavy atom. The van der Waals surface area contributed by atoms with E-state index in [0.29, 0.717) is 17.9 Å². The molecular formula is C23H20N4O3S. The molecule has 0 radical (unpaired) electrons. The molecule has 0 aliphatic carbocycles. The van der Waals surface area contributed by atoms with E-state index in [1.165, 1.54) is 11.8 Å². The molecule has 0 bridgehead atoms. The molecule has 0 saturated heterocycles. The van der Waals surface area contributed by atoms with Gasteiger partial charge in [0, 0.05) is 41.2 Å². The molecular weight excluding hydrogens is 412 g/mol. The number of anilines is 1. The van der Waals surface area contributed by atoms with Gasteiger partial charge in [-0.15, -0.1) is 11.8 Å². The lowest BCUT2D eigenvalue weighted by atomic mass is 10.1. The average molecular weight is 433 g/mol. The number of nitrogens with one attached hydrogen (secondary N) is 2. The number of H-pyrrole nitrogens is 1. The molecule has 2 N–H and O–H groups in total. The molecule has 0 fully saturated rings. The lowest BCUT2D eigenvalue weighted by Crippen LogP contribution is -2.48. The Hall–Kier alpha value is -3.52. The first kappa shape index (κ1) is 19.4. The van der Waals surface area contributed by atoms with Gasteiger partial charge in [-0.2, -0.15) is 0 Å². The highest BCUT2D eigenvalue weighted by Crippen LogP contribution is 2.36. The van der Waals surface area contributed by atoms with Crippen molar-refractivity contribution >= 4 is 40.2 Å². The fraction of sp³-hybridized carbons (Fsp3) is 0.174. The summed E-state index contributed by atoms with van der Waals surface area (Å²) in [5.41, 5.74) is 2.91. The van der Waals surface area contributed by atoms with Crippen molar-refractivity contribution in [3.05, 3.63) is 78.1 Å². The number of amides is 2. The van der Waals surface area contributed by atoms with Crippen molar-refractivity contribution in [1.29, 1.82) is 0 Å². The third-order valence-electron chi connectivity index (χ3n) is 5.30. The first-order valence-corrected chi connectivity index (χ1v) is 10.9. The van der Waals surface area contributed by atoms with Crippen LogP contribution in [0.5, 0.6) is 0 Å². The highest BCUT2D eigenvalue weighted by molar-refractivity contribution is 7.99. The number of hydrogen-bond donors (Lipinski definition) is 2. The summed E-state index contributed by atoms with van der Waals surface area (Å²) in [4.78, 5) is 35.6. The number of hydrogen-bond acceptors (Lipinski definition) is 5. The van der Waals surface area contributed by atoms with Gasteiger partial charge in [0.1, 0.15) is 11.8 Å². The molecule has 2 aromatic heterocycles. The van der Waals surface area contributed by atoms with Gasteiger partial charge in [-0.1, -0.05) is 30.3 Å². The Balaban J connectivity index is 1.31. The maximum absolute atomic E-state index is 13.0. The second-order valence-electron chi connectivity index (χ2n) is 7.41. The van der Waals surface area contributed by atoms with E-state index in [2.05, 4.69) is 15.3 Å². The predicted octanol–water partition coefficient (Wildman–Crippen LogP) is 3.61. The standard InChI is InChI=1S/C23H20N4O3S/c1-27-19-10-15-7-8-24-17(15)11-20(19)31-13-18(23(27)29)26-21(28)22-25-12-16(30-22)9-14-5-3-2-4-6-14/h2-8,10-12,18,24H,9,13H2,1H3,(H,26,28)/t18-/m0/s1. The second-order valence-corrected chi connectivity index (χ2v) is 8.48. The molecule has 0 saturated carbocycles. The van der Waals surface area contributed by atoms with Crippen LogP contribution in [0.1, 0.15) is 22.0 Å². The average Bonchev–Trinajstić information content (AvgIpc) is 3.42. The zero-order valence-corrected chi connectivity index (χ0v) is 17.6. The Bertz CT molecular complexity index is 1260. The van der Waals surface area contributed by atoms with E-state index in [1.807, 2.05) is 54.7 Å². The molecule has 5 rings (SSSR count). The van der Waals surface area contributed by atoms with Gasteiger partial charge in [0.2, 0.25) is 5.91 Å². The van der Waals surface area contributed by atoms with E-state index in [-0.39, 0.29) is 11.8 Å². The third-order valence-corrected chi connectivity index (χ3v) is 6.44. The van der Waals surface area contributed by atoms with Crippen LogP contribution in [0.3, 0.4) is 0 Å². The van der Waals surface area contributed by atoms with Gasteiger partial charge in [0.25, 0.3) is 5.89 Å². The summed E-state index contributed by atoms with van der Waals surface area (Å²) >= 11 is 1.54. The van der Waals surface area contributed by atoms with Gasteiger partial charge < -0.3 is 19.6 Å². The first-order chi connectivity index (χ1) is 15.1. The zero-order valence-electron chi connectivity index (χ0n) is 16.8. The number of carbonyl (C=O) groups is 2. The monoisotopic (exact) mass is 432 g/mol. The molecule has 7 nitrogen and oxygen atoms in total. The number of nitrogens with zero attached hydrogens (tertiary/aromatic N) is 2. The summed E-state index contributed by atoms with van der Waals surface area (Å²) in [5, 5.41) is 3.82. The molecule has 0 spiro atoms. The van der Waals surface area contributed by atoms with Crippen molar-refractivity contribution in [2.24, 2.45) is 0 Å². The number of carbonyl (C=O) groups excluding carboxylic acids is 2. The van der Waals surface area contributed by atoms with E-state index in [0.717, 1.165) is 27.0 Å². The summed E-state index contributed by atoms with van der Waals surface area (Å²) in [6, 6.07) is 15.1. The molecule has 1 atom stereocenters. The van der Waals surface area contributed by atoms with Gasteiger partial charge in [0.15, 0.2) is 0 Å². The molecule has 4 aromatic rings. The van der Waals surface area contributed by atoms with Crippen LogP contribution < -0.4 is 10.2 Å². The maximum atomic E-state index is 13.0. The lowest BCUT2D eigenvalue weighted by Gasteiger charge is -2.21. The third kappa shape index (κ3) is 3.82. The Labute approximate surface area is 182 Å². The number of thioether (sulfide) groups is 1. The number of benzene rings is 2. The largest absolute Gasteiger partial charge is 0.437 e. The van der Waals surface area contributed by atoms with Crippen molar-refractivity contribution in [3.8, 4) is 0 Å². The predicted molar refractivity (Wildman–Crippen MR) is 119 cm³/mol. The van der Waals surface area contributed by atoms with Crippen LogP contribution in [0.15, 0.2) is 70.2 Å². The molecule has 3 heterocycles. The Kier molecular flexibility index (Phi) is 4.99. The van der Waals surface area contributed by atoms with Crippen LogP contribution in [0.25, 0.3) is 10.9 Å². The smallest absolute Gasteiger partial charge is 0.307 e. The minimum Gasteiger partial charge on any atom is -0.437 e. The normalized spacial score (nSPS) is 16.2. The van der Waals surface area contributed by atoms with Crippen LogP contribution in [-0.2, 0) is 11.2 Å². The summed E-state index contributed by atoms with van der Waals surface area (Å²) in [6.07, 6.45) is 3.97. The van der Waals surface area contributed by atoms with Crippen molar-refractivity contribution < 1.29 is 14.0 Å². The molecule has 2 aromatic carbocycles. The van der Waals surface area contributed by atoms with Crippen LogP contribution in [0, 0.1) is 0 Å². The van der Waals surface area contributed by atoms with Gasteiger partial charge >= 0.3 is 5.91 Å². The summed E-state index contributed by atoms with van der Waals surface area (Å²) < 4.78 is 5.63. The molecule has 31 heavy (non-hydrogen) atoms. The second kappa shape index (κ2) is 7.96. The SMILES string of the molecule is CN1C(=O)[C@@H](NC(=O)c2ncc(Cc3ccccc3)o2)CSc2cc3[nH]ccc3cc21. The zero-order chi connectivity index (χ0) is 21.4. The van der Waals surface area contributed by atoms with Crippen molar-refractivity contribution in [2.75, 3.05) is 17.7 Å². The summed E-state index contributed by atoms with van der Waals surface area (Å²) in [5.74, 6) is 0.306. The highest BCUT2D eigenvalue weighted by Gasteiger charge is 2.31. The quantitative estimate of drug-likeness (QED) is 0.514. The number of aromatic amines is 1. The van der Waals surface area contributed by atoms with Gasteiger partial charge in [-0.3, -0.25) is 9.59 Å². The van der Waals surface area contributed by atoms with Gasteiger partial charge in [-0.25, -0.2) is 4.98 Å². The minimum absolute atomic E-state index is 0.0403.